The molecule has 1 aromatic carbocycles. The molecule has 0 aliphatic heterocycles. The van der Waals surface area contributed by atoms with Crippen molar-refractivity contribution in [3.63, 3.8) is 0 Å². The average molecular weight is 339 g/mol. The summed E-state index contributed by atoms with van der Waals surface area (Å²) in [5, 5.41) is 12.2. The first kappa shape index (κ1) is 15.0. The molecule has 0 fully saturated rings. The van der Waals surface area contributed by atoms with Crippen LogP contribution in [0.3, 0.4) is 0 Å². The number of rotatable bonds is 2. The molecule has 0 amide bonds. The molecule has 0 saturated carbocycles. The summed E-state index contributed by atoms with van der Waals surface area (Å²) >= 11 is 0. The molecule has 0 atom stereocenters. The van der Waals surface area contributed by atoms with Gasteiger partial charge in [-0.2, -0.15) is 4.52 Å². The molecule has 6 nitrogen and oxygen atoms in total. The summed E-state index contributed by atoms with van der Waals surface area (Å²) in [6, 6.07) is 9.85. The van der Waals surface area contributed by atoms with Gasteiger partial charge in [-0.1, -0.05) is 6.07 Å². The highest BCUT2D eigenvalue weighted by atomic mass is 19.1. The fourth-order valence-corrected chi connectivity index (χ4v) is 2.66. The molecule has 124 valence electrons. The van der Waals surface area contributed by atoms with Gasteiger partial charge in [0, 0.05) is 17.8 Å². The lowest BCUT2D eigenvalue weighted by Crippen LogP contribution is -2.35. The molecular weight excluding hydrogens is 328 g/mol. The summed E-state index contributed by atoms with van der Waals surface area (Å²) in [5.41, 5.74) is 7.33. The number of aromatic nitrogens is 4. The van der Waals surface area contributed by atoms with Crippen LogP contribution < -0.4 is 10.6 Å². The van der Waals surface area contributed by atoms with E-state index < -0.39 is 11.6 Å². The number of anilines is 1. The Labute approximate surface area is 140 Å². The Kier molecular flexibility index (Phi) is 3.31. The Balaban J connectivity index is 1.99. The Morgan fingerprint density at radius 1 is 1.08 bits per heavy atom. The van der Waals surface area contributed by atoms with Gasteiger partial charge < -0.3 is 5.21 Å². The van der Waals surface area contributed by atoms with Crippen molar-refractivity contribution in [2.75, 3.05) is 5.73 Å². The predicted molar refractivity (Wildman–Crippen MR) is 87.1 cm³/mol. The van der Waals surface area contributed by atoms with Crippen LogP contribution in [0.15, 0.2) is 54.9 Å². The smallest absolute Gasteiger partial charge is 0.308 e. The van der Waals surface area contributed by atoms with E-state index >= 15 is 0 Å². The number of hydrogen-bond acceptors (Lipinski definition) is 4. The number of pyridine rings is 1. The highest BCUT2D eigenvalue weighted by molar-refractivity contribution is 5.83. The number of benzene rings is 1. The van der Waals surface area contributed by atoms with E-state index in [1.807, 2.05) is 0 Å². The van der Waals surface area contributed by atoms with Crippen LogP contribution in [0.25, 0.3) is 28.2 Å². The first-order valence-electron chi connectivity index (χ1n) is 7.33. The first-order chi connectivity index (χ1) is 12.1. The van der Waals surface area contributed by atoms with E-state index in [2.05, 4.69) is 9.97 Å². The highest BCUT2D eigenvalue weighted by Crippen LogP contribution is 2.29. The summed E-state index contributed by atoms with van der Waals surface area (Å²) < 4.78 is 28.4. The maximum Gasteiger partial charge on any atom is 0.308 e. The Morgan fingerprint density at radius 2 is 1.92 bits per heavy atom. The second-order valence-electron chi connectivity index (χ2n) is 5.35. The van der Waals surface area contributed by atoms with Gasteiger partial charge in [-0.05, 0) is 30.3 Å². The molecule has 25 heavy (non-hydrogen) atoms. The molecule has 8 heteroatoms. The quantitative estimate of drug-likeness (QED) is 0.449. The number of nitrogens with two attached hydrogens (primary N) is 1. The fourth-order valence-electron chi connectivity index (χ4n) is 2.66. The zero-order valence-electron chi connectivity index (χ0n) is 12.7. The van der Waals surface area contributed by atoms with Gasteiger partial charge >= 0.3 is 5.82 Å². The standard InChI is InChI=1S/C17H11F2N5O/c18-10-4-5-11(12(19)9-10)13-6-8-23-17(22-13)15(16(20)24(23)25)14-3-1-2-7-21-14/h1-9H,20H2. The lowest BCUT2D eigenvalue weighted by Gasteiger charge is -2.05. The van der Waals surface area contributed by atoms with Crippen molar-refractivity contribution in [1.82, 2.24) is 14.5 Å². The fraction of sp³-hybridized carbons (Fsp3) is 0. The van der Waals surface area contributed by atoms with Crippen molar-refractivity contribution in [3.05, 3.63) is 71.7 Å². The number of nitrogen functional groups attached to an aromatic ring is 1. The van der Waals surface area contributed by atoms with E-state index in [9.17, 15) is 14.0 Å². The molecule has 0 spiro atoms. The minimum Gasteiger partial charge on any atom is -0.692 e. The van der Waals surface area contributed by atoms with E-state index in [0.29, 0.717) is 16.1 Å². The Bertz CT molecular complexity index is 1100. The molecule has 4 rings (SSSR count). The van der Waals surface area contributed by atoms with Crippen molar-refractivity contribution in [3.8, 4) is 22.5 Å². The Morgan fingerprint density at radius 3 is 2.64 bits per heavy atom. The summed E-state index contributed by atoms with van der Waals surface area (Å²) in [7, 11) is 0. The minimum atomic E-state index is -0.745. The molecule has 0 unspecified atom stereocenters. The lowest BCUT2D eigenvalue weighted by atomic mass is 10.1. The summed E-state index contributed by atoms with van der Waals surface area (Å²) in [5.74, 6) is -1.49. The van der Waals surface area contributed by atoms with Crippen LogP contribution in [-0.2, 0) is 0 Å². The van der Waals surface area contributed by atoms with Gasteiger partial charge in [-0.15, -0.1) is 4.85 Å². The van der Waals surface area contributed by atoms with Crippen molar-refractivity contribution in [2.45, 2.75) is 0 Å². The number of nitrogens with zero attached hydrogens (tertiary/aromatic N) is 4. The van der Waals surface area contributed by atoms with Gasteiger partial charge in [0.1, 0.15) is 17.2 Å². The van der Waals surface area contributed by atoms with Crippen molar-refractivity contribution in [2.24, 2.45) is 0 Å². The van der Waals surface area contributed by atoms with Gasteiger partial charge in [0.25, 0.3) is 0 Å². The van der Waals surface area contributed by atoms with Crippen molar-refractivity contribution < 1.29 is 13.6 Å². The van der Waals surface area contributed by atoms with Gasteiger partial charge in [0.2, 0.25) is 0 Å². The average Bonchev–Trinajstić information content (AvgIpc) is 2.86. The summed E-state index contributed by atoms with van der Waals surface area (Å²) in [6.45, 7) is 0. The molecule has 0 saturated heterocycles. The minimum absolute atomic E-state index is 0.0667. The van der Waals surface area contributed by atoms with Crippen molar-refractivity contribution >= 4 is 11.5 Å². The third-order valence-electron chi connectivity index (χ3n) is 3.83. The van der Waals surface area contributed by atoms with Crippen molar-refractivity contribution in [1.29, 1.82) is 0 Å². The molecule has 0 aliphatic rings. The summed E-state index contributed by atoms with van der Waals surface area (Å²) in [6.07, 6.45) is 2.99. The SMILES string of the molecule is Nc1c(-c2ccccn2)c2nc(-c3ccc(F)cc3F)ccn2[n+]1[O-]. The van der Waals surface area contributed by atoms with Crippen LogP contribution in [0.4, 0.5) is 14.6 Å². The third kappa shape index (κ3) is 2.35. The van der Waals surface area contributed by atoms with Crippen LogP contribution in [0.2, 0.25) is 0 Å². The van der Waals surface area contributed by atoms with Crippen LogP contribution in [0, 0.1) is 16.8 Å². The zero-order chi connectivity index (χ0) is 17.6. The first-order valence-corrected chi connectivity index (χ1v) is 7.33. The molecule has 0 bridgehead atoms. The van der Waals surface area contributed by atoms with Gasteiger partial charge in [0.05, 0.1) is 17.6 Å². The normalized spacial score (nSPS) is 11.1. The van der Waals surface area contributed by atoms with E-state index in [0.717, 1.165) is 12.1 Å². The zero-order valence-corrected chi connectivity index (χ0v) is 12.7. The van der Waals surface area contributed by atoms with Gasteiger partial charge in [0.15, 0.2) is 5.65 Å². The van der Waals surface area contributed by atoms with Crippen LogP contribution in [0.5, 0.6) is 0 Å². The van der Waals surface area contributed by atoms with Gasteiger partial charge in [-0.25, -0.2) is 13.8 Å². The summed E-state index contributed by atoms with van der Waals surface area (Å²) in [4.78, 5) is 9.03. The molecule has 3 heterocycles. The molecule has 0 aliphatic carbocycles. The molecule has 4 aromatic rings. The third-order valence-corrected chi connectivity index (χ3v) is 3.83. The molecule has 2 N–H and O–H groups in total. The Hall–Kier alpha value is -3.55. The monoisotopic (exact) mass is 339 g/mol. The molecule has 0 radical (unpaired) electrons. The maximum atomic E-state index is 14.1. The van der Waals surface area contributed by atoms with Crippen LogP contribution >= 0.6 is 0 Å². The van der Waals surface area contributed by atoms with E-state index in [1.165, 1.54) is 22.8 Å². The van der Waals surface area contributed by atoms with E-state index in [-0.39, 0.29) is 22.7 Å². The van der Waals surface area contributed by atoms with E-state index in [1.54, 1.807) is 24.4 Å². The predicted octanol–water partition coefficient (Wildman–Crippen LogP) is 2.56. The molecule has 3 aromatic heterocycles. The van der Waals surface area contributed by atoms with E-state index in [4.69, 9.17) is 5.73 Å². The van der Waals surface area contributed by atoms with Gasteiger partial charge in [-0.3, -0.25) is 10.7 Å². The number of hydrogen-bond donors (Lipinski definition) is 1. The molecular formula is C17H11F2N5O. The van der Waals surface area contributed by atoms with Crippen LogP contribution in [0.1, 0.15) is 0 Å². The highest BCUT2D eigenvalue weighted by Gasteiger charge is 2.22. The largest absolute Gasteiger partial charge is 0.692 e. The second-order valence-corrected chi connectivity index (χ2v) is 5.35. The number of fused-ring (bicyclic) bond motifs is 1. The maximum absolute atomic E-state index is 14.1. The topological polar surface area (TPSA) is 83.1 Å². The lowest BCUT2D eigenvalue weighted by molar-refractivity contribution is -0.662. The van der Waals surface area contributed by atoms with Crippen LogP contribution in [-0.4, -0.2) is 14.5 Å². The number of halogens is 2. The second kappa shape index (κ2) is 5.52.